The van der Waals surface area contributed by atoms with Crippen LogP contribution >= 0.6 is 0 Å². The number of benzene rings is 2. The van der Waals surface area contributed by atoms with Crippen LogP contribution in [0.4, 0.5) is 8.78 Å². The fourth-order valence-electron chi connectivity index (χ4n) is 2.33. The van der Waals surface area contributed by atoms with Crippen molar-refractivity contribution in [2.24, 2.45) is 5.73 Å². The molecular weight excluding hydrogens is 358 g/mol. The summed E-state index contributed by atoms with van der Waals surface area (Å²) in [4.78, 5) is 23.3. The van der Waals surface area contributed by atoms with Crippen molar-refractivity contribution < 1.29 is 27.8 Å². The lowest BCUT2D eigenvalue weighted by Crippen LogP contribution is -2.31. The molecule has 0 saturated heterocycles. The molecule has 6 nitrogen and oxygen atoms in total. The third kappa shape index (κ3) is 6.58. The summed E-state index contributed by atoms with van der Waals surface area (Å²) >= 11 is 0. The smallest absolute Gasteiger partial charge is 0.387 e. The number of rotatable bonds is 9. The minimum absolute atomic E-state index is 0.0783. The van der Waals surface area contributed by atoms with Gasteiger partial charge in [-0.3, -0.25) is 9.59 Å². The fourth-order valence-corrected chi connectivity index (χ4v) is 2.33. The van der Waals surface area contributed by atoms with Crippen LogP contribution in [0.5, 0.6) is 11.5 Å². The van der Waals surface area contributed by atoms with Gasteiger partial charge in [-0.05, 0) is 48.7 Å². The van der Waals surface area contributed by atoms with Gasteiger partial charge in [0.1, 0.15) is 11.5 Å². The van der Waals surface area contributed by atoms with Crippen molar-refractivity contribution in [1.82, 2.24) is 5.32 Å². The number of halogens is 2. The Balaban J connectivity index is 1.78. The third-order valence-electron chi connectivity index (χ3n) is 3.65. The van der Waals surface area contributed by atoms with Gasteiger partial charge in [-0.1, -0.05) is 18.2 Å². The van der Waals surface area contributed by atoms with E-state index in [1.807, 2.05) is 6.92 Å². The number of alkyl halides is 2. The summed E-state index contributed by atoms with van der Waals surface area (Å²) in [6.45, 7) is -0.952. The molecule has 8 heteroatoms. The van der Waals surface area contributed by atoms with E-state index in [2.05, 4.69) is 10.1 Å². The number of hydrogen-bond acceptors (Lipinski definition) is 4. The highest BCUT2D eigenvalue weighted by molar-refractivity contribution is 5.95. The van der Waals surface area contributed by atoms with Crippen molar-refractivity contribution in [3.8, 4) is 11.5 Å². The monoisotopic (exact) mass is 378 g/mol. The molecule has 2 aromatic rings. The first-order valence-electron chi connectivity index (χ1n) is 8.19. The Hall–Kier alpha value is -3.16. The molecule has 0 aliphatic carbocycles. The minimum Gasteiger partial charge on any atom is -0.483 e. The van der Waals surface area contributed by atoms with Gasteiger partial charge in [0, 0.05) is 6.54 Å². The van der Waals surface area contributed by atoms with E-state index in [1.165, 1.54) is 12.1 Å². The largest absolute Gasteiger partial charge is 0.483 e. The maximum absolute atomic E-state index is 12.1. The van der Waals surface area contributed by atoms with Gasteiger partial charge in [-0.2, -0.15) is 8.78 Å². The Morgan fingerprint density at radius 2 is 1.85 bits per heavy atom. The number of amides is 2. The van der Waals surface area contributed by atoms with Crippen LogP contribution in [0.1, 0.15) is 21.5 Å². The topological polar surface area (TPSA) is 90.7 Å². The van der Waals surface area contributed by atoms with E-state index in [0.29, 0.717) is 13.0 Å². The summed E-state index contributed by atoms with van der Waals surface area (Å²) in [5.74, 6) is -0.656. The van der Waals surface area contributed by atoms with Gasteiger partial charge < -0.3 is 20.5 Å². The van der Waals surface area contributed by atoms with E-state index in [1.54, 1.807) is 30.3 Å². The Labute approximate surface area is 155 Å². The average Bonchev–Trinajstić information content (AvgIpc) is 2.61. The number of carbonyl (C=O) groups is 2. The highest BCUT2D eigenvalue weighted by atomic mass is 19.3. The Bertz CT molecular complexity index is 795. The van der Waals surface area contributed by atoms with E-state index in [-0.39, 0.29) is 29.6 Å². The van der Waals surface area contributed by atoms with Gasteiger partial charge in [-0.15, -0.1) is 0 Å². The highest BCUT2D eigenvalue weighted by Gasteiger charge is 2.11. The van der Waals surface area contributed by atoms with Crippen LogP contribution in [-0.2, 0) is 11.2 Å². The second-order valence-corrected chi connectivity index (χ2v) is 5.77. The predicted molar refractivity (Wildman–Crippen MR) is 95.0 cm³/mol. The van der Waals surface area contributed by atoms with E-state index in [4.69, 9.17) is 10.5 Å². The molecule has 3 N–H and O–H groups in total. The van der Waals surface area contributed by atoms with Crippen molar-refractivity contribution in [3.63, 3.8) is 0 Å². The number of ether oxygens (including phenoxy) is 2. The van der Waals surface area contributed by atoms with Crippen LogP contribution in [0, 0.1) is 6.92 Å². The SMILES string of the molecule is Cc1ccc(C(N)=O)c(OCC(=O)NCCc2ccc(OC(F)F)cc2)c1. The molecule has 0 radical (unpaired) electrons. The Morgan fingerprint density at radius 1 is 1.15 bits per heavy atom. The zero-order chi connectivity index (χ0) is 19.8. The van der Waals surface area contributed by atoms with E-state index in [0.717, 1.165) is 11.1 Å². The van der Waals surface area contributed by atoms with Crippen LogP contribution in [-0.4, -0.2) is 31.6 Å². The minimum atomic E-state index is -2.86. The van der Waals surface area contributed by atoms with Crippen LogP contribution < -0.4 is 20.5 Å². The maximum atomic E-state index is 12.1. The number of primary amides is 1. The first kappa shape index (κ1) is 20.2. The van der Waals surface area contributed by atoms with E-state index in [9.17, 15) is 18.4 Å². The fraction of sp³-hybridized carbons (Fsp3) is 0.263. The van der Waals surface area contributed by atoms with Crippen molar-refractivity contribution in [3.05, 3.63) is 59.2 Å². The molecule has 27 heavy (non-hydrogen) atoms. The molecule has 144 valence electrons. The number of aryl methyl sites for hydroxylation is 1. The number of hydrogen-bond donors (Lipinski definition) is 2. The van der Waals surface area contributed by atoms with Crippen LogP contribution in [0.25, 0.3) is 0 Å². The first-order valence-corrected chi connectivity index (χ1v) is 8.19. The third-order valence-corrected chi connectivity index (χ3v) is 3.65. The quantitative estimate of drug-likeness (QED) is 0.701. The van der Waals surface area contributed by atoms with Gasteiger partial charge in [0.25, 0.3) is 11.8 Å². The molecule has 0 bridgehead atoms. The average molecular weight is 378 g/mol. The molecule has 0 aliphatic heterocycles. The molecule has 0 heterocycles. The molecule has 0 aromatic heterocycles. The summed E-state index contributed by atoms with van der Waals surface area (Å²) in [6.07, 6.45) is 0.512. The molecular formula is C19H20F2N2O4. The molecule has 0 saturated carbocycles. The normalized spacial score (nSPS) is 10.5. The van der Waals surface area contributed by atoms with Gasteiger partial charge in [0.05, 0.1) is 5.56 Å². The number of nitrogens with one attached hydrogen (secondary N) is 1. The summed E-state index contributed by atoms with van der Waals surface area (Å²) in [5.41, 5.74) is 7.21. The first-order chi connectivity index (χ1) is 12.8. The molecule has 0 atom stereocenters. The zero-order valence-corrected chi connectivity index (χ0v) is 14.7. The number of carbonyl (C=O) groups excluding carboxylic acids is 2. The standard InChI is InChI=1S/C19H20F2N2O4/c1-12-2-7-15(18(22)25)16(10-12)26-11-17(24)23-9-8-13-3-5-14(6-4-13)27-19(20)21/h2-7,10,19H,8-9,11H2,1H3,(H2,22,25)(H,23,24). The van der Waals surface area contributed by atoms with Crippen molar-refractivity contribution in [2.75, 3.05) is 13.2 Å². The molecule has 2 amide bonds. The lowest BCUT2D eigenvalue weighted by molar-refractivity contribution is -0.123. The summed E-state index contributed by atoms with van der Waals surface area (Å²) in [7, 11) is 0. The second-order valence-electron chi connectivity index (χ2n) is 5.77. The van der Waals surface area contributed by atoms with Crippen molar-refractivity contribution >= 4 is 11.8 Å². The van der Waals surface area contributed by atoms with Gasteiger partial charge >= 0.3 is 6.61 Å². The van der Waals surface area contributed by atoms with Crippen LogP contribution in [0.3, 0.4) is 0 Å². The van der Waals surface area contributed by atoms with E-state index >= 15 is 0 Å². The predicted octanol–water partition coefficient (Wildman–Crippen LogP) is 2.43. The van der Waals surface area contributed by atoms with Crippen molar-refractivity contribution in [2.45, 2.75) is 20.0 Å². The molecule has 2 aromatic carbocycles. The molecule has 0 spiro atoms. The number of nitrogens with two attached hydrogens (primary N) is 1. The molecule has 2 rings (SSSR count). The molecule has 0 aliphatic rings. The second kappa shape index (κ2) is 9.51. The van der Waals surface area contributed by atoms with E-state index < -0.39 is 12.5 Å². The molecule has 0 fully saturated rings. The van der Waals surface area contributed by atoms with Crippen molar-refractivity contribution in [1.29, 1.82) is 0 Å². The summed E-state index contributed by atoms with van der Waals surface area (Å²) in [5, 5.41) is 2.68. The Morgan fingerprint density at radius 3 is 2.48 bits per heavy atom. The summed E-state index contributed by atoms with van der Waals surface area (Å²) in [6, 6.07) is 11.1. The summed E-state index contributed by atoms with van der Waals surface area (Å²) < 4.78 is 33.8. The molecule has 0 unspecified atom stereocenters. The highest BCUT2D eigenvalue weighted by Crippen LogP contribution is 2.19. The maximum Gasteiger partial charge on any atom is 0.387 e. The van der Waals surface area contributed by atoms with Gasteiger partial charge in [0.2, 0.25) is 0 Å². The Kier molecular flexibility index (Phi) is 7.10. The van der Waals surface area contributed by atoms with Gasteiger partial charge in [-0.25, -0.2) is 0 Å². The van der Waals surface area contributed by atoms with Crippen LogP contribution in [0.15, 0.2) is 42.5 Å². The van der Waals surface area contributed by atoms with Gasteiger partial charge in [0.15, 0.2) is 6.61 Å². The lowest BCUT2D eigenvalue weighted by Gasteiger charge is -2.11. The lowest BCUT2D eigenvalue weighted by atomic mass is 10.1. The van der Waals surface area contributed by atoms with Crippen LogP contribution in [0.2, 0.25) is 0 Å². The zero-order valence-electron chi connectivity index (χ0n) is 14.7.